The first-order chi connectivity index (χ1) is 9.01. The topological polar surface area (TPSA) is 66.4 Å². The van der Waals surface area contributed by atoms with Crippen molar-refractivity contribution in [2.24, 2.45) is 0 Å². The van der Waals surface area contributed by atoms with Gasteiger partial charge < -0.3 is 5.11 Å². The van der Waals surface area contributed by atoms with Crippen molar-refractivity contribution >= 4 is 31.6 Å². The molecule has 2 rings (SSSR count). The van der Waals surface area contributed by atoms with Crippen LogP contribution in [0.1, 0.15) is 5.56 Å². The lowest BCUT2D eigenvalue weighted by Gasteiger charge is -2.08. The van der Waals surface area contributed by atoms with Crippen LogP contribution in [-0.2, 0) is 16.6 Å². The predicted octanol–water partition coefficient (Wildman–Crippen LogP) is 2.74. The number of halogens is 1. The van der Waals surface area contributed by atoms with E-state index in [1.807, 2.05) is 0 Å². The van der Waals surface area contributed by atoms with Crippen LogP contribution in [0.5, 0.6) is 0 Å². The fourth-order valence-electron chi connectivity index (χ4n) is 1.51. The first kappa shape index (κ1) is 14.0. The highest BCUT2D eigenvalue weighted by Crippen LogP contribution is 2.19. The van der Waals surface area contributed by atoms with Crippen molar-refractivity contribution in [1.29, 1.82) is 0 Å². The average Bonchev–Trinajstić information content (AvgIpc) is 2.41. The Morgan fingerprint density at radius 2 is 1.58 bits per heavy atom. The highest BCUT2D eigenvalue weighted by atomic mass is 79.9. The first-order valence-corrected chi connectivity index (χ1v) is 7.77. The minimum absolute atomic E-state index is 0.111. The van der Waals surface area contributed by atoms with Crippen molar-refractivity contribution in [2.75, 3.05) is 4.72 Å². The minimum atomic E-state index is -3.60. The molecule has 2 N–H and O–H groups in total. The van der Waals surface area contributed by atoms with Crippen molar-refractivity contribution in [2.45, 2.75) is 11.5 Å². The van der Waals surface area contributed by atoms with Gasteiger partial charge in [-0.15, -0.1) is 0 Å². The first-order valence-electron chi connectivity index (χ1n) is 5.49. The van der Waals surface area contributed by atoms with Crippen LogP contribution in [0.2, 0.25) is 0 Å². The molecule has 2 aromatic carbocycles. The Bertz CT molecular complexity index is 651. The van der Waals surface area contributed by atoms with Gasteiger partial charge in [-0.05, 0) is 42.0 Å². The molecule has 0 unspecified atom stereocenters. The van der Waals surface area contributed by atoms with Gasteiger partial charge in [0.1, 0.15) is 0 Å². The standard InChI is InChI=1S/C13H12BrNO3S/c14-11-3-5-12(6-4-11)15-19(17,18)13-7-1-10(9-16)2-8-13/h1-8,15-16H,9H2. The largest absolute Gasteiger partial charge is 0.392 e. The molecule has 0 saturated carbocycles. The second-order valence-electron chi connectivity index (χ2n) is 3.91. The summed E-state index contributed by atoms with van der Waals surface area (Å²) in [6.07, 6.45) is 0. The molecule has 0 bridgehead atoms. The number of nitrogens with one attached hydrogen (secondary N) is 1. The summed E-state index contributed by atoms with van der Waals surface area (Å²) < 4.78 is 27.6. The van der Waals surface area contributed by atoms with E-state index in [1.165, 1.54) is 12.1 Å². The summed E-state index contributed by atoms with van der Waals surface area (Å²) in [6, 6.07) is 12.9. The Labute approximate surface area is 120 Å². The molecule has 0 aliphatic heterocycles. The number of hydrogen-bond donors (Lipinski definition) is 2. The zero-order chi connectivity index (χ0) is 13.9. The Kier molecular flexibility index (Phi) is 4.24. The maximum Gasteiger partial charge on any atom is 0.261 e. The molecular formula is C13H12BrNO3S. The average molecular weight is 342 g/mol. The van der Waals surface area contributed by atoms with Crippen LogP contribution in [0.4, 0.5) is 5.69 Å². The van der Waals surface area contributed by atoms with Crippen molar-refractivity contribution in [3.05, 3.63) is 58.6 Å². The molecule has 0 saturated heterocycles. The lowest BCUT2D eigenvalue weighted by molar-refractivity contribution is 0.282. The summed E-state index contributed by atoms with van der Waals surface area (Å²) in [5.74, 6) is 0. The normalized spacial score (nSPS) is 11.3. The third kappa shape index (κ3) is 3.56. The van der Waals surface area contributed by atoms with E-state index in [0.29, 0.717) is 11.3 Å². The van der Waals surface area contributed by atoms with Crippen LogP contribution in [0.15, 0.2) is 57.9 Å². The third-order valence-corrected chi connectivity index (χ3v) is 4.44. The molecule has 6 heteroatoms. The molecule has 0 spiro atoms. The summed E-state index contributed by atoms with van der Waals surface area (Å²) in [5.41, 5.74) is 1.16. The van der Waals surface area contributed by atoms with Gasteiger partial charge in [-0.25, -0.2) is 8.42 Å². The molecule has 2 aromatic rings. The summed E-state index contributed by atoms with van der Waals surface area (Å²) >= 11 is 3.28. The maximum atomic E-state index is 12.1. The van der Waals surface area contributed by atoms with Gasteiger partial charge in [-0.1, -0.05) is 28.1 Å². The fourth-order valence-corrected chi connectivity index (χ4v) is 2.83. The highest BCUT2D eigenvalue weighted by molar-refractivity contribution is 9.10. The van der Waals surface area contributed by atoms with Crippen molar-refractivity contribution in [3.63, 3.8) is 0 Å². The minimum Gasteiger partial charge on any atom is -0.392 e. The van der Waals surface area contributed by atoms with E-state index in [1.54, 1.807) is 36.4 Å². The van der Waals surface area contributed by atoms with Crippen LogP contribution in [0, 0.1) is 0 Å². The van der Waals surface area contributed by atoms with Gasteiger partial charge in [0.05, 0.1) is 11.5 Å². The Hall–Kier alpha value is -1.37. The van der Waals surface area contributed by atoms with Crippen LogP contribution >= 0.6 is 15.9 Å². The molecule has 4 nitrogen and oxygen atoms in total. The molecule has 0 aromatic heterocycles. The molecule has 0 aliphatic carbocycles. The molecule has 100 valence electrons. The van der Waals surface area contributed by atoms with Gasteiger partial charge in [0.15, 0.2) is 0 Å². The summed E-state index contributed by atoms with van der Waals surface area (Å²) in [6.45, 7) is -0.111. The van der Waals surface area contributed by atoms with E-state index in [2.05, 4.69) is 20.7 Å². The monoisotopic (exact) mass is 341 g/mol. The number of anilines is 1. The quantitative estimate of drug-likeness (QED) is 0.898. The number of aliphatic hydroxyl groups is 1. The summed E-state index contributed by atoms with van der Waals surface area (Å²) in [5, 5.41) is 8.92. The number of benzene rings is 2. The molecule has 0 amide bonds. The van der Waals surface area contributed by atoms with Crippen molar-refractivity contribution in [3.8, 4) is 0 Å². The SMILES string of the molecule is O=S(=O)(Nc1ccc(Br)cc1)c1ccc(CO)cc1. The van der Waals surface area contributed by atoms with E-state index in [-0.39, 0.29) is 11.5 Å². The van der Waals surface area contributed by atoms with Gasteiger partial charge in [-0.2, -0.15) is 0 Å². The number of aliphatic hydroxyl groups excluding tert-OH is 1. The zero-order valence-electron chi connectivity index (χ0n) is 9.88. The predicted molar refractivity (Wildman–Crippen MR) is 77.3 cm³/mol. The van der Waals surface area contributed by atoms with Crippen LogP contribution < -0.4 is 4.72 Å². The third-order valence-electron chi connectivity index (χ3n) is 2.51. The van der Waals surface area contributed by atoms with Crippen LogP contribution in [0.3, 0.4) is 0 Å². The fraction of sp³-hybridized carbons (Fsp3) is 0.0769. The molecule has 0 heterocycles. The maximum absolute atomic E-state index is 12.1. The van der Waals surface area contributed by atoms with Crippen LogP contribution in [-0.4, -0.2) is 13.5 Å². The molecule has 0 radical (unpaired) electrons. The number of rotatable bonds is 4. The molecule has 0 aliphatic rings. The smallest absolute Gasteiger partial charge is 0.261 e. The Balaban J connectivity index is 2.24. The van der Waals surface area contributed by atoms with Gasteiger partial charge in [0, 0.05) is 10.2 Å². The second kappa shape index (κ2) is 5.73. The molecule has 0 atom stereocenters. The summed E-state index contributed by atoms with van der Waals surface area (Å²) in [7, 11) is -3.60. The van der Waals surface area contributed by atoms with Gasteiger partial charge in [0.25, 0.3) is 10.0 Å². The van der Waals surface area contributed by atoms with E-state index >= 15 is 0 Å². The van der Waals surface area contributed by atoms with E-state index in [9.17, 15) is 8.42 Å². The summed E-state index contributed by atoms with van der Waals surface area (Å²) in [4.78, 5) is 0.160. The van der Waals surface area contributed by atoms with E-state index < -0.39 is 10.0 Å². The highest BCUT2D eigenvalue weighted by Gasteiger charge is 2.13. The van der Waals surface area contributed by atoms with E-state index in [4.69, 9.17) is 5.11 Å². The Morgan fingerprint density at radius 3 is 2.11 bits per heavy atom. The van der Waals surface area contributed by atoms with Crippen LogP contribution in [0.25, 0.3) is 0 Å². The van der Waals surface area contributed by atoms with Gasteiger partial charge >= 0.3 is 0 Å². The Morgan fingerprint density at radius 1 is 1.00 bits per heavy atom. The lowest BCUT2D eigenvalue weighted by atomic mass is 10.2. The van der Waals surface area contributed by atoms with Crippen molar-refractivity contribution in [1.82, 2.24) is 0 Å². The second-order valence-corrected chi connectivity index (χ2v) is 6.51. The van der Waals surface area contributed by atoms with Crippen molar-refractivity contribution < 1.29 is 13.5 Å². The van der Waals surface area contributed by atoms with Gasteiger partial charge in [0.2, 0.25) is 0 Å². The van der Waals surface area contributed by atoms with Gasteiger partial charge in [-0.3, -0.25) is 4.72 Å². The zero-order valence-corrected chi connectivity index (χ0v) is 12.3. The number of hydrogen-bond acceptors (Lipinski definition) is 3. The molecule has 0 fully saturated rings. The lowest BCUT2D eigenvalue weighted by Crippen LogP contribution is -2.12. The molecular weight excluding hydrogens is 330 g/mol. The molecule has 19 heavy (non-hydrogen) atoms. The number of sulfonamides is 1. The van der Waals surface area contributed by atoms with E-state index in [0.717, 1.165) is 4.47 Å².